The van der Waals surface area contributed by atoms with Crippen molar-refractivity contribution in [1.82, 2.24) is 4.90 Å². The minimum Gasteiger partial charge on any atom is -0.339 e. The lowest BCUT2D eigenvalue weighted by molar-refractivity contribution is -0.136. The van der Waals surface area contributed by atoms with E-state index in [1.807, 2.05) is 4.90 Å². The van der Waals surface area contributed by atoms with Gasteiger partial charge in [0.15, 0.2) is 0 Å². The molecule has 84 valence electrons. The molecule has 1 rings (SSSR count). The lowest BCUT2D eigenvalue weighted by Crippen LogP contribution is -2.50. The van der Waals surface area contributed by atoms with Crippen LogP contribution in [-0.2, 0) is 4.79 Å². The molecule has 1 heterocycles. The fraction of sp³-hybridized carbons (Fsp3) is 0.750. The van der Waals surface area contributed by atoms with Crippen molar-refractivity contribution in [2.24, 2.45) is 11.7 Å². The van der Waals surface area contributed by atoms with Gasteiger partial charge in [0.1, 0.15) is 0 Å². The number of piperidine rings is 1. The fourth-order valence-corrected chi connectivity index (χ4v) is 2.16. The maximum absolute atomic E-state index is 11.9. The topological polar surface area (TPSA) is 46.3 Å². The zero-order chi connectivity index (χ0) is 11.4. The maximum Gasteiger partial charge on any atom is 0.240 e. The molecule has 15 heavy (non-hydrogen) atoms. The monoisotopic (exact) mass is 208 g/mol. The third kappa shape index (κ3) is 2.97. The Morgan fingerprint density at radius 2 is 2.33 bits per heavy atom. The van der Waals surface area contributed by atoms with Gasteiger partial charge in [0.05, 0.1) is 6.04 Å². The minimum absolute atomic E-state index is 0.00681. The molecule has 1 fully saturated rings. The van der Waals surface area contributed by atoms with Gasteiger partial charge >= 0.3 is 0 Å². The van der Waals surface area contributed by atoms with Gasteiger partial charge in [-0.2, -0.15) is 0 Å². The fourth-order valence-electron chi connectivity index (χ4n) is 2.16. The number of carbonyl (C=O) groups excluding carboxylic acids is 1. The highest BCUT2D eigenvalue weighted by atomic mass is 16.2. The predicted octanol–water partition coefficient (Wildman–Crippen LogP) is 0.984. The molecule has 3 unspecified atom stereocenters. The first-order chi connectivity index (χ1) is 7.06. The number of hydrogen-bond donors (Lipinski definition) is 1. The van der Waals surface area contributed by atoms with Crippen LogP contribution in [-0.4, -0.2) is 29.4 Å². The molecule has 1 saturated heterocycles. The molecule has 0 saturated carbocycles. The Morgan fingerprint density at radius 1 is 1.67 bits per heavy atom. The van der Waals surface area contributed by atoms with Crippen LogP contribution in [0.15, 0.2) is 0 Å². The number of rotatable bonds is 2. The van der Waals surface area contributed by atoms with Crippen molar-refractivity contribution in [3.8, 4) is 12.3 Å². The molecule has 3 heteroatoms. The van der Waals surface area contributed by atoms with Crippen molar-refractivity contribution in [3.05, 3.63) is 0 Å². The van der Waals surface area contributed by atoms with Gasteiger partial charge in [-0.1, -0.05) is 6.92 Å². The van der Waals surface area contributed by atoms with E-state index in [0.29, 0.717) is 18.4 Å². The summed E-state index contributed by atoms with van der Waals surface area (Å²) < 4.78 is 0. The second-order valence-electron chi connectivity index (χ2n) is 4.52. The summed E-state index contributed by atoms with van der Waals surface area (Å²) >= 11 is 0. The minimum atomic E-state index is -0.522. The van der Waals surface area contributed by atoms with Gasteiger partial charge < -0.3 is 10.6 Å². The molecule has 0 aromatic carbocycles. The smallest absolute Gasteiger partial charge is 0.240 e. The van der Waals surface area contributed by atoms with Crippen molar-refractivity contribution in [1.29, 1.82) is 0 Å². The Balaban J connectivity index is 2.56. The number of terminal acetylenes is 1. The third-order valence-corrected chi connectivity index (χ3v) is 3.08. The highest BCUT2D eigenvalue weighted by Crippen LogP contribution is 2.22. The van der Waals surface area contributed by atoms with Crippen LogP contribution in [0.1, 0.15) is 33.1 Å². The number of nitrogens with zero attached hydrogens (tertiary/aromatic N) is 1. The molecule has 0 aromatic heterocycles. The van der Waals surface area contributed by atoms with Gasteiger partial charge in [-0.25, -0.2) is 0 Å². The lowest BCUT2D eigenvalue weighted by atomic mass is 9.93. The van der Waals surface area contributed by atoms with Crippen LogP contribution >= 0.6 is 0 Å². The van der Waals surface area contributed by atoms with Crippen molar-refractivity contribution >= 4 is 5.91 Å². The number of hydrogen-bond acceptors (Lipinski definition) is 2. The molecule has 0 spiro atoms. The Kier molecular flexibility index (Phi) is 4.16. The van der Waals surface area contributed by atoms with Crippen LogP contribution in [0.25, 0.3) is 0 Å². The van der Waals surface area contributed by atoms with Crippen molar-refractivity contribution < 1.29 is 4.79 Å². The van der Waals surface area contributed by atoms with Crippen molar-refractivity contribution in [2.75, 3.05) is 6.54 Å². The first kappa shape index (κ1) is 12.1. The zero-order valence-electron chi connectivity index (χ0n) is 9.57. The zero-order valence-corrected chi connectivity index (χ0v) is 9.57. The molecule has 1 amide bonds. The summed E-state index contributed by atoms with van der Waals surface area (Å²) in [4.78, 5) is 13.8. The molecule has 2 N–H and O–H groups in total. The standard InChI is InChI=1S/C12H20N2O/c1-4-5-11(13)12(15)14-7-6-9(2)8-10(14)3/h1,9-11H,5-8,13H2,2-3H3. The van der Waals surface area contributed by atoms with E-state index in [-0.39, 0.29) is 5.91 Å². The van der Waals surface area contributed by atoms with Crippen molar-refractivity contribution in [2.45, 2.75) is 45.2 Å². The van der Waals surface area contributed by atoms with Gasteiger partial charge in [0.25, 0.3) is 0 Å². The van der Waals surface area contributed by atoms with Crippen LogP contribution in [0.4, 0.5) is 0 Å². The third-order valence-electron chi connectivity index (χ3n) is 3.08. The second-order valence-corrected chi connectivity index (χ2v) is 4.52. The average Bonchev–Trinajstić information content (AvgIpc) is 2.17. The van der Waals surface area contributed by atoms with E-state index >= 15 is 0 Å². The van der Waals surface area contributed by atoms with Crippen LogP contribution in [0.2, 0.25) is 0 Å². The second kappa shape index (κ2) is 5.18. The molecular weight excluding hydrogens is 188 g/mol. The summed E-state index contributed by atoms with van der Waals surface area (Å²) in [7, 11) is 0. The molecular formula is C12H20N2O. The Bertz CT molecular complexity index is 269. The number of nitrogens with two attached hydrogens (primary N) is 1. The summed E-state index contributed by atoms with van der Waals surface area (Å²) in [5.41, 5.74) is 5.72. The highest BCUT2D eigenvalue weighted by Gasteiger charge is 2.29. The predicted molar refractivity (Wildman–Crippen MR) is 61.0 cm³/mol. The van der Waals surface area contributed by atoms with Gasteiger partial charge in [0, 0.05) is 19.0 Å². The summed E-state index contributed by atoms with van der Waals surface area (Å²) in [6.45, 7) is 5.12. The van der Waals surface area contributed by atoms with Crippen LogP contribution in [0.5, 0.6) is 0 Å². The molecule has 3 nitrogen and oxygen atoms in total. The summed E-state index contributed by atoms with van der Waals surface area (Å²) in [6.07, 6.45) is 7.62. The molecule has 1 aliphatic heterocycles. The van der Waals surface area contributed by atoms with E-state index in [1.165, 1.54) is 0 Å². The number of amides is 1. The van der Waals surface area contributed by atoms with Gasteiger partial charge in [0.2, 0.25) is 5.91 Å². The lowest BCUT2D eigenvalue weighted by Gasteiger charge is -2.37. The average molecular weight is 208 g/mol. The highest BCUT2D eigenvalue weighted by molar-refractivity contribution is 5.82. The van der Waals surface area contributed by atoms with Gasteiger partial charge in [-0.3, -0.25) is 4.79 Å². The summed E-state index contributed by atoms with van der Waals surface area (Å²) in [5, 5.41) is 0. The summed E-state index contributed by atoms with van der Waals surface area (Å²) in [5.74, 6) is 3.15. The molecule has 0 aliphatic carbocycles. The van der Waals surface area contributed by atoms with E-state index in [9.17, 15) is 4.79 Å². The SMILES string of the molecule is C#CCC(N)C(=O)N1CCC(C)CC1C. The quantitative estimate of drug-likeness (QED) is 0.688. The Labute approximate surface area is 92.0 Å². The van der Waals surface area contributed by atoms with Crippen LogP contribution in [0.3, 0.4) is 0 Å². The first-order valence-electron chi connectivity index (χ1n) is 5.55. The van der Waals surface area contributed by atoms with E-state index in [2.05, 4.69) is 19.8 Å². The molecule has 0 aromatic rings. The van der Waals surface area contributed by atoms with Gasteiger partial charge in [-0.05, 0) is 25.7 Å². The Morgan fingerprint density at radius 3 is 2.87 bits per heavy atom. The molecule has 0 bridgehead atoms. The normalized spacial score (nSPS) is 28.3. The largest absolute Gasteiger partial charge is 0.339 e. The number of likely N-dealkylation sites (tertiary alicyclic amines) is 1. The first-order valence-corrected chi connectivity index (χ1v) is 5.55. The Hall–Kier alpha value is -1.01. The van der Waals surface area contributed by atoms with E-state index < -0.39 is 6.04 Å². The summed E-state index contributed by atoms with van der Waals surface area (Å²) in [6, 6.07) is -0.226. The maximum atomic E-state index is 11.9. The van der Waals surface area contributed by atoms with E-state index in [0.717, 1.165) is 19.4 Å². The van der Waals surface area contributed by atoms with Crippen LogP contribution in [0, 0.1) is 18.3 Å². The molecule has 1 aliphatic rings. The van der Waals surface area contributed by atoms with Crippen LogP contribution < -0.4 is 5.73 Å². The van der Waals surface area contributed by atoms with Gasteiger partial charge in [-0.15, -0.1) is 12.3 Å². The number of carbonyl (C=O) groups is 1. The van der Waals surface area contributed by atoms with Crippen molar-refractivity contribution in [3.63, 3.8) is 0 Å². The molecule has 0 radical (unpaired) electrons. The van der Waals surface area contributed by atoms with E-state index in [1.54, 1.807) is 0 Å². The molecule has 3 atom stereocenters. The van der Waals surface area contributed by atoms with E-state index in [4.69, 9.17) is 12.2 Å².